The van der Waals surface area contributed by atoms with E-state index < -0.39 is 9.84 Å². The summed E-state index contributed by atoms with van der Waals surface area (Å²) in [6.45, 7) is 9.19. The summed E-state index contributed by atoms with van der Waals surface area (Å²) in [6, 6.07) is 7.68. The van der Waals surface area contributed by atoms with Crippen LogP contribution in [0.25, 0.3) is 11.3 Å². The third-order valence-electron chi connectivity index (χ3n) is 5.36. The molecule has 1 amide bonds. The molecule has 7 heteroatoms. The van der Waals surface area contributed by atoms with E-state index in [4.69, 9.17) is 0 Å². The second-order valence-corrected chi connectivity index (χ2v) is 9.42. The molecule has 0 bridgehead atoms. The van der Waals surface area contributed by atoms with Gasteiger partial charge in [-0.1, -0.05) is 12.1 Å². The van der Waals surface area contributed by atoms with Crippen LogP contribution in [0.3, 0.4) is 0 Å². The first-order valence-electron chi connectivity index (χ1n) is 9.42. The van der Waals surface area contributed by atoms with Crippen LogP contribution < -0.4 is 0 Å². The quantitative estimate of drug-likeness (QED) is 0.788. The van der Waals surface area contributed by atoms with E-state index in [1.807, 2.05) is 32.9 Å². The van der Waals surface area contributed by atoms with Crippen LogP contribution in [-0.4, -0.2) is 53.6 Å². The molecule has 1 aromatic carbocycles. The van der Waals surface area contributed by atoms with E-state index in [0.29, 0.717) is 25.2 Å². The van der Waals surface area contributed by atoms with Crippen LogP contribution in [0, 0.1) is 13.8 Å². The second kappa shape index (κ2) is 7.46. The van der Waals surface area contributed by atoms with Crippen molar-refractivity contribution in [1.82, 2.24) is 14.7 Å². The van der Waals surface area contributed by atoms with Gasteiger partial charge in [-0.2, -0.15) is 5.10 Å². The Hall–Kier alpha value is -2.15. The fourth-order valence-electron chi connectivity index (χ4n) is 3.53. The maximum atomic E-state index is 12.8. The van der Waals surface area contributed by atoms with Crippen molar-refractivity contribution < 1.29 is 13.2 Å². The van der Waals surface area contributed by atoms with Gasteiger partial charge in [0.25, 0.3) is 5.91 Å². The molecule has 1 aromatic heterocycles. The average molecular weight is 390 g/mol. The Balaban J connectivity index is 2.09. The lowest BCUT2D eigenvalue weighted by atomic mass is 10.0. The standard InChI is InChI=1S/C20H27N3O3S/c1-5-22(6-2)20(24)18-12-19(16-8-7-14(3)15(4)11-16)23(21-18)17-9-10-27(25,26)13-17/h7-8,11-12,17H,5-6,9-10,13H2,1-4H3. The maximum Gasteiger partial charge on any atom is 0.274 e. The van der Waals surface area contributed by atoms with Crippen LogP contribution in [0.5, 0.6) is 0 Å². The summed E-state index contributed by atoms with van der Waals surface area (Å²) in [5, 5.41) is 4.56. The van der Waals surface area contributed by atoms with Gasteiger partial charge in [0.2, 0.25) is 0 Å². The zero-order valence-corrected chi connectivity index (χ0v) is 17.2. The van der Waals surface area contributed by atoms with Gasteiger partial charge >= 0.3 is 0 Å². The highest BCUT2D eigenvalue weighted by Crippen LogP contribution is 2.31. The number of nitrogens with zero attached hydrogens (tertiary/aromatic N) is 3. The average Bonchev–Trinajstić information content (AvgIpc) is 3.21. The van der Waals surface area contributed by atoms with E-state index in [9.17, 15) is 13.2 Å². The zero-order chi connectivity index (χ0) is 19.8. The molecule has 1 aliphatic heterocycles. The van der Waals surface area contributed by atoms with E-state index in [1.54, 1.807) is 15.6 Å². The fourth-order valence-corrected chi connectivity index (χ4v) is 5.23. The minimum Gasteiger partial charge on any atom is -0.338 e. The minimum atomic E-state index is -3.05. The third kappa shape index (κ3) is 3.93. The molecule has 146 valence electrons. The van der Waals surface area contributed by atoms with Crippen LogP contribution in [0.1, 0.15) is 47.9 Å². The number of carbonyl (C=O) groups excluding carboxylic acids is 1. The summed E-state index contributed by atoms with van der Waals surface area (Å²) >= 11 is 0. The maximum absolute atomic E-state index is 12.8. The molecule has 3 rings (SSSR count). The number of hydrogen-bond donors (Lipinski definition) is 0. The highest BCUT2D eigenvalue weighted by atomic mass is 32.2. The number of benzene rings is 1. The lowest BCUT2D eigenvalue weighted by Gasteiger charge is -2.17. The normalized spacial score (nSPS) is 18.6. The molecule has 2 aromatic rings. The topological polar surface area (TPSA) is 72.3 Å². The molecule has 0 N–H and O–H groups in total. The Bertz CT molecular complexity index is 959. The van der Waals surface area contributed by atoms with E-state index in [1.165, 1.54) is 5.56 Å². The lowest BCUT2D eigenvalue weighted by Crippen LogP contribution is -2.31. The van der Waals surface area contributed by atoms with Crippen LogP contribution in [0.15, 0.2) is 24.3 Å². The van der Waals surface area contributed by atoms with Crippen molar-refractivity contribution in [2.75, 3.05) is 24.6 Å². The molecule has 2 heterocycles. The Morgan fingerprint density at radius 2 is 1.89 bits per heavy atom. The number of amides is 1. The van der Waals surface area contributed by atoms with Gasteiger partial charge in [0.15, 0.2) is 15.5 Å². The largest absolute Gasteiger partial charge is 0.338 e. The van der Waals surface area contributed by atoms with Crippen molar-refractivity contribution in [2.45, 2.75) is 40.2 Å². The molecule has 1 unspecified atom stereocenters. The number of hydrogen-bond acceptors (Lipinski definition) is 4. The summed E-state index contributed by atoms with van der Waals surface area (Å²) in [5.74, 6) is 0.124. The van der Waals surface area contributed by atoms with Crippen molar-refractivity contribution >= 4 is 15.7 Å². The number of carbonyl (C=O) groups is 1. The first-order chi connectivity index (χ1) is 12.8. The first kappa shape index (κ1) is 19.6. The molecule has 6 nitrogen and oxygen atoms in total. The Labute approximate surface area is 161 Å². The molecule has 1 atom stereocenters. The highest BCUT2D eigenvalue weighted by Gasteiger charge is 2.32. The summed E-state index contributed by atoms with van der Waals surface area (Å²) in [6.07, 6.45) is 0.529. The molecular formula is C20H27N3O3S. The van der Waals surface area contributed by atoms with Gasteiger partial charge in [0, 0.05) is 18.7 Å². The third-order valence-corrected chi connectivity index (χ3v) is 7.11. The molecule has 27 heavy (non-hydrogen) atoms. The van der Waals surface area contributed by atoms with Crippen LogP contribution in [0.4, 0.5) is 0 Å². The van der Waals surface area contributed by atoms with Crippen molar-refractivity contribution in [3.63, 3.8) is 0 Å². The van der Waals surface area contributed by atoms with Crippen LogP contribution in [0.2, 0.25) is 0 Å². The Morgan fingerprint density at radius 3 is 2.44 bits per heavy atom. The van der Waals surface area contributed by atoms with Crippen molar-refractivity contribution in [2.24, 2.45) is 0 Å². The molecule has 1 aliphatic rings. The molecule has 0 radical (unpaired) electrons. The summed E-state index contributed by atoms with van der Waals surface area (Å²) in [7, 11) is -3.05. The molecule has 1 fully saturated rings. The number of aromatic nitrogens is 2. The van der Waals surface area contributed by atoms with Crippen LogP contribution in [-0.2, 0) is 9.84 Å². The van der Waals surface area contributed by atoms with Gasteiger partial charge < -0.3 is 4.90 Å². The predicted octanol–water partition coefficient (Wildman–Crippen LogP) is 3.01. The minimum absolute atomic E-state index is 0.0748. The van der Waals surface area contributed by atoms with Gasteiger partial charge in [-0.05, 0) is 57.4 Å². The number of sulfone groups is 1. The number of rotatable bonds is 5. The van der Waals surface area contributed by atoms with Gasteiger partial charge in [-0.3, -0.25) is 9.48 Å². The monoisotopic (exact) mass is 389 g/mol. The molecule has 0 aliphatic carbocycles. The molecule has 1 saturated heterocycles. The van der Waals surface area contributed by atoms with Gasteiger partial charge in [-0.25, -0.2) is 8.42 Å². The summed E-state index contributed by atoms with van der Waals surface area (Å²) < 4.78 is 25.7. The van der Waals surface area contributed by atoms with E-state index >= 15 is 0 Å². The molecule has 0 saturated carbocycles. The van der Waals surface area contributed by atoms with Gasteiger partial charge in [0.1, 0.15) is 0 Å². The fraction of sp³-hybridized carbons (Fsp3) is 0.500. The van der Waals surface area contributed by atoms with E-state index in [-0.39, 0.29) is 23.5 Å². The second-order valence-electron chi connectivity index (χ2n) is 7.19. The summed E-state index contributed by atoms with van der Waals surface area (Å²) in [5.41, 5.74) is 4.46. The zero-order valence-electron chi connectivity index (χ0n) is 16.4. The first-order valence-corrected chi connectivity index (χ1v) is 11.2. The van der Waals surface area contributed by atoms with Crippen LogP contribution >= 0.6 is 0 Å². The predicted molar refractivity (Wildman–Crippen MR) is 107 cm³/mol. The van der Waals surface area contributed by atoms with E-state index in [0.717, 1.165) is 16.8 Å². The number of aryl methyl sites for hydroxylation is 2. The smallest absolute Gasteiger partial charge is 0.274 e. The van der Waals surface area contributed by atoms with Crippen molar-refractivity contribution in [3.8, 4) is 11.3 Å². The van der Waals surface area contributed by atoms with Gasteiger partial charge in [0.05, 0.1) is 23.2 Å². The SMILES string of the molecule is CCN(CC)C(=O)c1cc(-c2ccc(C)c(C)c2)n(C2CCS(=O)(=O)C2)n1. The summed E-state index contributed by atoms with van der Waals surface area (Å²) in [4.78, 5) is 14.5. The Morgan fingerprint density at radius 1 is 1.19 bits per heavy atom. The Kier molecular flexibility index (Phi) is 5.42. The molecular weight excluding hydrogens is 362 g/mol. The van der Waals surface area contributed by atoms with Crippen molar-refractivity contribution in [1.29, 1.82) is 0 Å². The van der Waals surface area contributed by atoms with Crippen molar-refractivity contribution in [3.05, 3.63) is 41.1 Å². The van der Waals surface area contributed by atoms with Gasteiger partial charge in [-0.15, -0.1) is 0 Å². The lowest BCUT2D eigenvalue weighted by molar-refractivity contribution is 0.0766. The highest BCUT2D eigenvalue weighted by molar-refractivity contribution is 7.91. The van der Waals surface area contributed by atoms with E-state index in [2.05, 4.69) is 18.1 Å². The molecule has 0 spiro atoms.